The summed E-state index contributed by atoms with van der Waals surface area (Å²) >= 11 is 0. The van der Waals surface area contributed by atoms with Crippen LogP contribution in [0.15, 0.2) is 0 Å². The summed E-state index contributed by atoms with van der Waals surface area (Å²) < 4.78 is 10.4. The number of esters is 1. The number of ether oxygens (including phenoxy) is 2. The van der Waals surface area contributed by atoms with Gasteiger partial charge in [-0.2, -0.15) is 0 Å². The van der Waals surface area contributed by atoms with Crippen LogP contribution in [-0.4, -0.2) is 40.8 Å². The first-order chi connectivity index (χ1) is 7.89. The third kappa shape index (κ3) is 2.61. The fraction of sp³-hybridized carbons (Fsp3) is 0.917. The summed E-state index contributed by atoms with van der Waals surface area (Å²) in [5.74, 6) is -0.197. The van der Waals surface area contributed by atoms with Crippen LogP contribution in [0.25, 0.3) is 0 Å². The van der Waals surface area contributed by atoms with Gasteiger partial charge in [0.2, 0.25) is 0 Å². The van der Waals surface area contributed by atoms with E-state index >= 15 is 0 Å². The lowest BCUT2D eigenvalue weighted by Crippen LogP contribution is -2.36. The van der Waals surface area contributed by atoms with Gasteiger partial charge >= 0.3 is 5.97 Å². The standard InChI is InChI=1S/C12H20O5/c1-12(2,15)11(14)16-6-9-7-4-3-5-8(7)10(13)17-9/h7-10,13,15H,3-6H2,1-2H3/t7?,8?,9?,10-/m0/s1. The van der Waals surface area contributed by atoms with Crippen LogP contribution in [-0.2, 0) is 14.3 Å². The van der Waals surface area contributed by atoms with Crippen molar-refractivity contribution in [2.45, 2.75) is 51.1 Å². The zero-order valence-corrected chi connectivity index (χ0v) is 10.3. The quantitative estimate of drug-likeness (QED) is 0.704. The predicted molar refractivity (Wildman–Crippen MR) is 59.0 cm³/mol. The number of aliphatic hydroxyl groups is 2. The number of aliphatic hydroxyl groups excluding tert-OH is 1. The molecule has 0 bridgehead atoms. The number of carbonyl (C=O) groups excluding carboxylic acids is 1. The predicted octanol–water partition coefficient (Wildman–Crippen LogP) is 0.434. The second kappa shape index (κ2) is 4.55. The van der Waals surface area contributed by atoms with E-state index in [1.807, 2.05) is 0 Å². The largest absolute Gasteiger partial charge is 0.461 e. The molecule has 1 saturated carbocycles. The monoisotopic (exact) mass is 244 g/mol. The molecule has 4 atom stereocenters. The molecule has 5 nitrogen and oxygen atoms in total. The van der Waals surface area contributed by atoms with Crippen molar-refractivity contribution in [3.8, 4) is 0 Å². The Bertz CT molecular complexity index is 296. The van der Waals surface area contributed by atoms with Crippen molar-refractivity contribution in [3.05, 3.63) is 0 Å². The number of carbonyl (C=O) groups is 1. The Hall–Kier alpha value is -0.650. The summed E-state index contributed by atoms with van der Waals surface area (Å²) in [5, 5.41) is 19.1. The number of hydrogen-bond acceptors (Lipinski definition) is 5. The molecule has 0 spiro atoms. The first-order valence-corrected chi connectivity index (χ1v) is 6.12. The van der Waals surface area contributed by atoms with E-state index in [2.05, 4.69) is 0 Å². The Labute approximate surface area is 101 Å². The van der Waals surface area contributed by atoms with Gasteiger partial charge < -0.3 is 19.7 Å². The fourth-order valence-corrected chi connectivity index (χ4v) is 2.71. The lowest BCUT2D eigenvalue weighted by Gasteiger charge is -2.20. The summed E-state index contributed by atoms with van der Waals surface area (Å²) in [4.78, 5) is 11.4. The van der Waals surface area contributed by atoms with Crippen molar-refractivity contribution in [3.63, 3.8) is 0 Å². The maximum Gasteiger partial charge on any atom is 0.337 e. The fourth-order valence-electron chi connectivity index (χ4n) is 2.71. The summed E-state index contributed by atoms with van der Waals surface area (Å²) in [6.45, 7) is 2.89. The average molecular weight is 244 g/mol. The molecule has 2 N–H and O–H groups in total. The van der Waals surface area contributed by atoms with E-state index in [9.17, 15) is 15.0 Å². The Morgan fingerprint density at radius 3 is 2.71 bits per heavy atom. The molecule has 1 saturated heterocycles. The van der Waals surface area contributed by atoms with Crippen molar-refractivity contribution in [2.75, 3.05) is 6.61 Å². The zero-order valence-electron chi connectivity index (χ0n) is 10.3. The Kier molecular flexibility index (Phi) is 3.43. The molecule has 2 aliphatic rings. The molecule has 5 heteroatoms. The highest BCUT2D eigenvalue weighted by Crippen LogP contribution is 2.43. The van der Waals surface area contributed by atoms with Crippen molar-refractivity contribution < 1.29 is 24.5 Å². The third-order valence-electron chi connectivity index (χ3n) is 3.66. The van der Waals surface area contributed by atoms with E-state index in [1.165, 1.54) is 13.8 Å². The van der Waals surface area contributed by atoms with Gasteiger partial charge in [-0.1, -0.05) is 6.42 Å². The summed E-state index contributed by atoms with van der Waals surface area (Å²) in [5.41, 5.74) is -1.48. The highest BCUT2D eigenvalue weighted by molar-refractivity contribution is 5.78. The van der Waals surface area contributed by atoms with Crippen molar-refractivity contribution >= 4 is 5.97 Å². The Morgan fingerprint density at radius 2 is 2.06 bits per heavy atom. The van der Waals surface area contributed by atoms with Crippen molar-refractivity contribution in [2.24, 2.45) is 11.8 Å². The molecule has 98 valence electrons. The van der Waals surface area contributed by atoms with Crippen LogP contribution in [0.3, 0.4) is 0 Å². The van der Waals surface area contributed by atoms with Crippen molar-refractivity contribution in [1.29, 1.82) is 0 Å². The summed E-state index contributed by atoms with van der Waals surface area (Å²) in [6.07, 6.45) is 2.11. The molecule has 0 radical (unpaired) electrons. The minimum atomic E-state index is -1.48. The maximum atomic E-state index is 11.4. The molecule has 17 heavy (non-hydrogen) atoms. The van der Waals surface area contributed by atoms with Crippen LogP contribution in [0.1, 0.15) is 33.1 Å². The highest BCUT2D eigenvalue weighted by Gasteiger charge is 2.46. The first kappa shape index (κ1) is 12.8. The van der Waals surface area contributed by atoms with Crippen LogP contribution in [0.4, 0.5) is 0 Å². The second-order valence-corrected chi connectivity index (χ2v) is 5.48. The highest BCUT2D eigenvalue weighted by atomic mass is 16.6. The molecule has 1 aliphatic carbocycles. The molecular formula is C12H20O5. The Morgan fingerprint density at radius 1 is 1.41 bits per heavy atom. The van der Waals surface area contributed by atoms with Crippen LogP contribution in [0.2, 0.25) is 0 Å². The molecule has 0 amide bonds. The van der Waals surface area contributed by atoms with Crippen LogP contribution in [0, 0.1) is 11.8 Å². The molecule has 0 aromatic heterocycles. The minimum absolute atomic E-state index is 0.112. The molecule has 1 aliphatic heterocycles. The number of rotatable bonds is 3. The number of hydrogen-bond donors (Lipinski definition) is 2. The zero-order chi connectivity index (χ0) is 12.6. The lowest BCUT2D eigenvalue weighted by molar-refractivity contribution is -0.171. The van der Waals surface area contributed by atoms with Gasteiger partial charge in [0.15, 0.2) is 11.9 Å². The average Bonchev–Trinajstić information content (AvgIpc) is 2.78. The molecule has 0 aromatic carbocycles. The van der Waals surface area contributed by atoms with E-state index < -0.39 is 17.9 Å². The Balaban J connectivity index is 1.86. The lowest BCUT2D eigenvalue weighted by atomic mass is 9.94. The van der Waals surface area contributed by atoms with E-state index in [-0.39, 0.29) is 24.5 Å². The van der Waals surface area contributed by atoms with Gasteiger partial charge in [-0.25, -0.2) is 4.79 Å². The van der Waals surface area contributed by atoms with Crippen LogP contribution >= 0.6 is 0 Å². The molecule has 1 heterocycles. The molecular weight excluding hydrogens is 224 g/mol. The molecule has 0 aromatic rings. The van der Waals surface area contributed by atoms with Crippen LogP contribution < -0.4 is 0 Å². The molecule has 2 rings (SSSR count). The van der Waals surface area contributed by atoms with Gasteiger partial charge in [-0.05, 0) is 32.6 Å². The number of fused-ring (bicyclic) bond motifs is 1. The second-order valence-electron chi connectivity index (χ2n) is 5.48. The van der Waals surface area contributed by atoms with Crippen LogP contribution in [0.5, 0.6) is 0 Å². The normalized spacial score (nSPS) is 36.9. The van der Waals surface area contributed by atoms with Gasteiger partial charge in [0.05, 0.1) is 6.10 Å². The van der Waals surface area contributed by atoms with E-state index in [4.69, 9.17) is 9.47 Å². The van der Waals surface area contributed by atoms with Gasteiger partial charge in [0.25, 0.3) is 0 Å². The summed E-state index contributed by atoms with van der Waals surface area (Å²) in [6, 6.07) is 0. The van der Waals surface area contributed by atoms with Gasteiger partial charge in [-0.3, -0.25) is 0 Å². The SMILES string of the molecule is CC(C)(O)C(=O)OCC1O[C@H](O)C2CCCC12. The maximum absolute atomic E-state index is 11.4. The third-order valence-corrected chi connectivity index (χ3v) is 3.66. The van der Waals surface area contributed by atoms with Gasteiger partial charge in [0.1, 0.15) is 6.61 Å². The first-order valence-electron chi connectivity index (χ1n) is 6.12. The minimum Gasteiger partial charge on any atom is -0.461 e. The summed E-state index contributed by atoms with van der Waals surface area (Å²) in [7, 11) is 0. The van der Waals surface area contributed by atoms with E-state index in [0.717, 1.165) is 19.3 Å². The van der Waals surface area contributed by atoms with Gasteiger partial charge in [0, 0.05) is 5.92 Å². The molecule has 2 fully saturated rings. The van der Waals surface area contributed by atoms with E-state index in [1.54, 1.807) is 0 Å². The van der Waals surface area contributed by atoms with Gasteiger partial charge in [-0.15, -0.1) is 0 Å². The van der Waals surface area contributed by atoms with Crippen molar-refractivity contribution in [1.82, 2.24) is 0 Å². The topological polar surface area (TPSA) is 76.0 Å². The van der Waals surface area contributed by atoms with E-state index in [0.29, 0.717) is 0 Å². The smallest absolute Gasteiger partial charge is 0.337 e. The molecule has 3 unspecified atom stereocenters.